The predicted octanol–water partition coefficient (Wildman–Crippen LogP) is 3.38. The number of ether oxygens (including phenoxy) is 2. The van der Waals surface area contributed by atoms with Crippen molar-refractivity contribution in [2.75, 3.05) is 7.11 Å². The van der Waals surface area contributed by atoms with Crippen molar-refractivity contribution in [2.45, 2.75) is 57.8 Å². The number of aliphatic hydroxyl groups is 1. The Kier molecular flexibility index (Phi) is 4.83. The number of methoxy groups -OCH3 is 1. The summed E-state index contributed by atoms with van der Waals surface area (Å²) in [6, 6.07) is 5.97. The first kappa shape index (κ1) is 14.4. The van der Waals surface area contributed by atoms with Gasteiger partial charge in [-0.05, 0) is 44.7 Å². The van der Waals surface area contributed by atoms with E-state index >= 15 is 0 Å². The summed E-state index contributed by atoms with van der Waals surface area (Å²) in [6.07, 6.45) is 4.25. The van der Waals surface area contributed by atoms with E-state index in [0.29, 0.717) is 6.10 Å². The van der Waals surface area contributed by atoms with E-state index in [1.165, 1.54) is 0 Å². The zero-order chi connectivity index (χ0) is 13.8. The zero-order valence-corrected chi connectivity index (χ0v) is 12.1. The van der Waals surface area contributed by atoms with Gasteiger partial charge in [-0.15, -0.1) is 0 Å². The molecule has 0 heterocycles. The first-order valence-corrected chi connectivity index (χ1v) is 7.08. The summed E-state index contributed by atoms with van der Waals surface area (Å²) in [6.45, 7) is 3.81. The summed E-state index contributed by atoms with van der Waals surface area (Å²) >= 11 is 0. The minimum atomic E-state index is -0.502. The summed E-state index contributed by atoms with van der Waals surface area (Å²) in [5.74, 6) is 0.816. The molecule has 1 N–H and O–H groups in total. The Balaban J connectivity index is 2.11. The minimum Gasteiger partial charge on any atom is -0.490 e. The predicted molar refractivity (Wildman–Crippen MR) is 75.5 cm³/mol. The van der Waals surface area contributed by atoms with Gasteiger partial charge < -0.3 is 14.6 Å². The second-order valence-corrected chi connectivity index (χ2v) is 5.48. The molecule has 2 rings (SSSR count). The second-order valence-electron chi connectivity index (χ2n) is 5.48. The Labute approximate surface area is 115 Å². The lowest BCUT2D eigenvalue weighted by molar-refractivity contribution is 0.0199. The lowest BCUT2D eigenvalue weighted by Gasteiger charge is -2.29. The molecule has 1 saturated carbocycles. The van der Waals surface area contributed by atoms with Gasteiger partial charge in [-0.2, -0.15) is 0 Å². The van der Waals surface area contributed by atoms with Crippen LogP contribution < -0.4 is 4.74 Å². The Hall–Kier alpha value is -1.06. The number of hydrogen-bond donors (Lipinski definition) is 1. The Morgan fingerprint density at radius 3 is 2.68 bits per heavy atom. The SMILES string of the molecule is COC1CCCC(Oc2cc(C)ccc2C(C)O)C1. The van der Waals surface area contributed by atoms with E-state index in [1.54, 1.807) is 14.0 Å². The maximum atomic E-state index is 9.82. The van der Waals surface area contributed by atoms with Gasteiger partial charge in [0.05, 0.1) is 12.2 Å². The molecule has 0 aliphatic heterocycles. The quantitative estimate of drug-likeness (QED) is 0.906. The van der Waals surface area contributed by atoms with Crippen LogP contribution >= 0.6 is 0 Å². The van der Waals surface area contributed by atoms with Gasteiger partial charge >= 0.3 is 0 Å². The van der Waals surface area contributed by atoms with Crippen molar-refractivity contribution >= 4 is 0 Å². The molecule has 0 aromatic heterocycles. The van der Waals surface area contributed by atoms with Gasteiger partial charge in [0.1, 0.15) is 11.9 Å². The first-order chi connectivity index (χ1) is 9.10. The van der Waals surface area contributed by atoms with Crippen molar-refractivity contribution in [3.63, 3.8) is 0 Å². The molecule has 0 amide bonds. The van der Waals surface area contributed by atoms with Gasteiger partial charge in [0.2, 0.25) is 0 Å². The molecule has 0 bridgehead atoms. The summed E-state index contributed by atoms with van der Waals surface area (Å²) in [7, 11) is 1.76. The fourth-order valence-corrected chi connectivity index (χ4v) is 2.69. The highest BCUT2D eigenvalue weighted by molar-refractivity contribution is 5.38. The van der Waals surface area contributed by atoms with Gasteiger partial charge in [0.15, 0.2) is 0 Å². The standard InChI is InChI=1S/C16H24O3/c1-11-7-8-15(12(2)17)16(9-11)19-14-6-4-5-13(10-14)18-3/h7-9,12-14,17H,4-6,10H2,1-3H3. The summed E-state index contributed by atoms with van der Waals surface area (Å²) in [4.78, 5) is 0. The summed E-state index contributed by atoms with van der Waals surface area (Å²) in [5, 5.41) is 9.82. The van der Waals surface area contributed by atoms with Crippen LogP contribution in [0.25, 0.3) is 0 Å². The molecule has 1 aromatic rings. The lowest BCUT2D eigenvalue weighted by Crippen LogP contribution is -2.29. The fraction of sp³-hybridized carbons (Fsp3) is 0.625. The van der Waals surface area contributed by atoms with Crippen molar-refractivity contribution in [3.05, 3.63) is 29.3 Å². The van der Waals surface area contributed by atoms with E-state index in [9.17, 15) is 5.11 Å². The smallest absolute Gasteiger partial charge is 0.125 e. The van der Waals surface area contributed by atoms with Crippen LogP contribution in [0.4, 0.5) is 0 Å². The molecule has 0 saturated heterocycles. The number of aliphatic hydroxyl groups excluding tert-OH is 1. The van der Waals surface area contributed by atoms with Gasteiger partial charge in [-0.25, -0.2) is 0 Å². The first-order valence-electron chi connectivity index (χ1n) is 7.08. The van der Waals surface area contributed by atoms with Crippen LogP contribution in [0.15, 0.2) is 18.2 Å². The molecule has 19 heavy (non-hydrogen) atoms. The molecule has 1 aromatic carbocycles. The number of benzene rings is 1. The molecule has 1 fully saturated rings. The topological polar surface area (TPSA) is 38.7 Å². The van der Waals surface area contributed by atoms with Crippen LogP contribution in [0.5, 0.6) is 5.75 Å². The van der Waals surface area contributed by atoms with E-state index in [4.69, 9.17) is 9.47 Å². The van der Waals surface area contributed by atoms with Crippen molar-refractivity contribution in [1.82, 2.24) is 0 Å². The molecule has 106 valence electrons. The fourth-order valence-electron chi connectivity index (χ4n) is 2.69. The largest absolute Gasteiger partial charge is 0.490 e. The zero-order valence-electron chi connectivity index (χ0n) is 12.1. The molecule has 3 atom stereocenters. The van der Waals surface area contributed by atoms with Crippen molar-refractivity contribution in [3.8, 4) is 5.75 Å². The van der Waals surface area contributed by atoms with Crippen LogP contribution in [0, 0.1) is 6.92 Å². The third kappa shape index (κ3) is 3.71. The van der Waals surface area contributed by atoms with Crippen LogP contribution in [0.1, 0.15) is 49.8 Å². The molecular weight excluding hydrogens is 240 g/mol. The van der Waals surface area contributed by atoms with E-state index < -0.39 is 6.10 Å². The number of aryl methyl sites for hydroxylation is 1. The number of rotatable bonds is 4. The maximum absolute atomic E-state index is 9.82. The molecule has 1 aliphatic rings. The Bertz CT molecular complexity index is 414. The van der Waals surface area contributed by atoms with Crippen molar-refractivity contribution in [1.29, 1.82) is 0 Å². The van der Waals surface area contributed by atoms with E-state index in [-0.39, 0.29) is 6.10 Å². The Morgan fingerprint density at radius 1 is 1.26 bits per heavy atom. The van der Waals surface area contributed by atoms with Crippen LogP contribution in [0.3, 0.4) is 0 Å². The molecule has 0 spiro atoms. The van der Waals surface area contributed by atoms with Gasteiger partial charge in [-0.3, -0.25) is 0 Å². The van der Waals surface area contributed by atoms with Gasteiger partial charge in [-0.1, -0.05) is 12.1 Å². The van der Waals surface area contributed by atoms with Gasteiger partial charge in [0, 0.05) is 19.1 Å². The summed E-state index contributed by atoms with van der Waals surface area (Å²) < 4.78 is 11.6. The van der Waals surface area contributed by atoms with E-state index in [0.717, 1.165) is 42.6 Å². The summed E-state index contributed by atoms with van der Waals surface area (Å²) in [5.41, 5.74) is 2.02. The van der Waals surface area contributed by atoms with Crippen LogP contribution in [-0.4, -0.2) is 24.4 Å². The molecule has 0 radical (unpaired) electrons. The average molecular weight is 264 g/mol. The second kappa shape index (κ2) is 6.40. The van der Waals surface area contributed by atoms with Crippen LogP contribution in [-0.2, 0) is 4.74 Å². The highest BCUT2D eigenvalue weighted by atomic mass is 16.5. The van der Waals surface area contributed by atoms with E-state index in [2.05, 4.69) is 0 Å². The molecule has 3 heteroatoms. The third-order valence-electron chi connectivity index (χ3n) is 3.82. The van der Waals surface area contributed by atoms with Crippen molar-refractivity contribution < 1.29 is 14.6 Å². The Morgan fingerprint density at radius 2 is 2.00 bits per heavy atom. The van der Waals surface area contributed by atoms with Gasteiger partial charge in [0.25, 0.3) is 0 Å². The van der Waals surface area contributed by atoms with Crippen LogP contribution in [0.2, 0.25) is 0 Å². The molecule has 3 nitrogen and oxygen atoms in total. The highest BCUT2D eigenvalue weighted by Crippen LogP contribution is 2.31. The number of hydrogen-bond acceptors (Lipinski definition) is 3. The average Bonchev–Trinajstić information content (AvgIpc) is 2.38. The lowest BCUT2D eigenvalue weighted by atomic mass is 9.94. The molecule has 3 unspecified atom stereocenters. The molecular formula is C16H24O3. The molecule has 1 aliphatic carbocycles. The minimum absolute atomic E-state index is 0.193. The monoisotopic (exact) mass is 264 g/mol. The van der Waals surface area contributed by atoms with Crippen molar-refractivity contribution in [2.24, 2.45) is 0 Å². The third-order valence-corrected chi connectivity index (χ3v) is 3.82. The highest BCUT2D eigenvalue weighted by Gasteiger charge is 2.24. The normalized spacial score (nSPS) is 25.1. The van der Waals surface area contributed by atoms with E-state index in [1.807, 2.05) is 25.1 Å². The maximum Gasteiger partial charge on any atom is 0.125 e.